The number of amides is 1. The Bertz CT molecular complexity index is 1320. The van der Waals surface area contributed by atoms with Gasteiger partial charge in [0.2, 0.25) is 0 Å². The predicted octanol–water partition coefficient (Wildman–Crippen LogP) is 5.14. The average molecular weight is 512 g/mol. The van der Waals surface area contributed by atoms with Crippen molar-refractivity contribution >= 4 is 33.0 Å². The Morgan fingerprint density at radius 3 is 2.42 bits per heavy atom. The number of aryl methyl sites for hydroxylation is 1. The molecule has 4 fully saturated rings. The molecular formula is C27H34FN5O2S. The fourth-order valence-electron chi connectivity index (χ4n) is 5.62. The van der Waals surface area contributed by atoms with Gasteiger partial charge in [0.25, 0.3) is 5.91 Å². The number of carbonyl (C=O) groups excluding carboxylic acids is 1. The highest BCUT2D eigenvalue weighted by Gasteiger charge is 2.45. The molecule has 2 aliphatic heterocycles. The van der Waals surface area contributed by atoms with Crippen LogP contribution in [0.15, 0.2) is 35.2 Å². The molecule has 36 heavy (non-hydrogen) atoms. The smallest absolute Gasteiger partial charge is 0.258 e. The van der Waals surface area contributed by atoms with E-state index in [0.717, 1.165) is 50.0 Å². The third-order valence-electron chi connectivity index (χ3n) is 8.24. The zero-order valence-electron chi connectivity index (χ0n) is 21.0. The highest BCUT2D eigenvalue weighted by atomic mass is 32.2. The molecule has 2 aliphatic carbocycles. The molecule has 9 heteroatoms. The second-order valence-corrected chi connectivity index (χ2v) is 13.9. The summed E-state index contributed by atoms with van der Waals surface area (Å²) in [6, 6.07) is 8.94. The topological polar surface area (TPSA) is 89.4 Å². The van der Waals surface area contributed by atoms with Gasteiger partial charge < -0.3 is 15.1 Å². The predicted molar refractivity (Wildman–Crippen MR) is 140 cm³/mol. The van der Waals surface area contributed by atoms with E-state index in [0.29, 0.717) is 27.5 Å². The van der Waals surface area contributed by atoms with Crippen molar-refractivity contribution in [1.29, 1.82) is 4.78 Å². The van der Waals surface area contributed by atoms with E-state index < -0.39 is 15.4 Å². The molecule has 0 radical (unpaired) electrons. The minimum atomic E-state index is -2.87. The number of hydrogen-bond acceptors (Lipinski definition) is 6. The summed E-state index contributed by atoms with van der Waals surface area (Å²) < 4.78 is 35.8. The van der Waals surface area contributed by atoms with Gasteiger partial charge in [-0.05, 0) is 93.7 Å². The molecule has 192 valence electrons. The first-order valence-corrected chi connectivity index (χ1v) is 14.6. The van der Waals surface area contributed by atoms with Gasteiger partial charge in [0.05, 0.1) is 34.1 Å². The van der Waals surface area contributed by atoms with E-state index >= 15 is 0 Å². The number of nitrogens with zero attached hydrogens (tertiary/aromatic N) is 3. The first kappa shape index (κ1) is 23.7. The van der Waals surface area contributed by atoms with Crippen molar-refractivity contribution in [1.82, 2.24) is 4.98 Å². The van der Waals surface area contributed by atoms with Crippen molar-refractivity contribution in [3.63, 3.8) is 0 Å². The molecule has 7 nitrogen and oxygen atoms in total. The lowest BCUT2D eigenvalue weighted by molar-refractivity contribution is 0.102. The van der Waals surface area contributed by atoms with Gasteiger partial charge in [0.1, 0.15) is 17.3 Å². The van der Waals surface area contributed by atoms with Gasteiger partial charge in [-0.25, -0.2) is 18.4 Å². The monoisotopic (exact) mass is 511 g/mol. The van der Waals surface area contributed by atoms with Crippen molar-refractivity contribution in [2.75, 3.05) is 41.3 Å². The molecule has 1 aromatic heterocycles. The quantitative estimate of drug-likeness (QED) is 0.561. The summed E-state index contributed by atoms with van der Waals surface area (Å²) in [5.41, 5.74) is 1.46. The third-order valence-corrected chi connectivity index (χ3v) is 10.6. The number of pyridine rings is 1. The molecule has 2 saturated heterocycles. The maximum Gasteiger partial charge on any atom is 0.258 e. The van der Waals surface area contributed by atoms with Gasteiger partial charge in [-0.15, -0.1) is 0 Å². The number of piperidine rings is 1. The summed E-state index contributed by atoms with van der Waals surface area (Å²) in [5, 5.41) is 2.87. The SMILES string of the molecule is Cc1cc(NC(=O)c2ccc(S(=N)(=O)C3CC3)cc2N2CCC3(CC2)CC3)nc(N2CC(C)(F)C2)c1. The van der Waals surface area contributed by atoms with Crippen LogP contribution >= 0.6 is 0 Å². The van der Waals surface area contributed by atoms with Gasteiger partial charge in [0, 0.05) is 23.2 Å². The number of nitrogens with one attached hydrogen (secondary N) is 2. The fourth-order valence-corrected chi connectivity index (χ4v) is 7.36. The number of hydrogen-bond donors (Lipinski definition) is 2. The molecular weight excluding hydrogens is 477 g/mol. The van der Waals surface area contributed by atoms with Crippen molar-refractivity contribution in [3.05, 3.63) is 41.5 Å². The first-order valence-electron chi connectivity index (χ1n) is 12.9. The standard InChI is InChI=1S/C27H34FN5O2S/c1-18-13-23(30-24(14-18)33-16-26(2,28)17-33)31-25(34)21-6-5-20(36(29,35)19-3-4-19)15-22(21)32-11-9-27(7-8-27)10-12-32/h5-6,13-15,19,29H,3-4,7-12,16-17H2,1-2H3,(H,30,31,34). The zero-order valence-corrected chi connectivity index (χ0v) is 21.8. The molecule has 1 atom stereocenters. The molecule has 2 N–H and O–H groups in total. The fraction of sp³-hybridized carbons (Fsp3) is 0.556. The van der Waals surface area contributed by atoms with Crippen LogP contribution in [-0.4, -0.2) is 52.2 Å². The Labute approximate surface area is 212 Å². The average Bonchev–Trinajstić information content (AvgIpc) is 3.73. The van der Waals surface area contributed by atoms with Crippen LogP contribution in [0.5, 0.6) is 0 Å². The van der Waals surface area contributed by atoms with E-state index in [9.17, 15) is 13.4 Å². The number of rotatable bonds is 6. The molecule has 2 saturated carbocycles. The largest absolute Gasteiger partial charge is 0.371 e. The Morgan fingerprint density at radius 1 is 1.11 bits per heavy atom. The first-order chi connectivity index (χ1) is 17.0. The Hall–Kier alpha value is -2.68. The van der Waals surface area contributed by atoms with Crippen molar-refractivity contribution < 1.29 is 13.4 Å². The van der Waals surface area contributed by atoms with Crippen LogP contribution in [-0.2, 0) is 9.73 Å². The number of anilines is 3. The van der Waals surface area contributed by atoms with Crippen molar-refractivity contribution in [2.45, 2.75) is 68.2 Å². The van der Waals surface area contributed by atoms with E-state index in [-0.39, 0.29) is 24.2 Å². The van der Waals surface area contributed by atoms with Gasteiger partial charge >= 0.3 is 0 Å². The molecule has 6 rings (SSSR count). The lowest BCUT2D eigenvalue weighted by atomic mass is 9.93. The zero-order chi connectivity index (χ0) is 25.3. The maximum absolute atomic E-state index is 14.0. The normalized spacial score (nSPS) is 23.6. The van der Waals surface area contributed by atoms with Gasteiger partial charge in [-0.2, -0.15) is 0 Å². The summed E-state index contributed by atoms with van der Waals surface area (Å²) in [6.45, 7) is 5.79. The number of halogens is 1. The van der Waals surface area contributed by atoms with Crippen molar-refractivity contribution in [2.24, 2.45) is 5.41 Å². The molecule has 1 unspecified atom stereocenters. The van der Waals surface area contributed by atoms with Crippen LogP contribution in [0.1, 0.15) is 61.4 Å². The molecule has 1 spiro atoms. The highest BCUT2D eigenvalue weighted by Crippen LogP contribution is 2.54. The lowest BCUT2D eigenvalue weighted by Crippen LogP contribution is -2.57. The summed E-state index contributed by atoms with van der Waals surface area (Å²) in [7, 11) is -2.87. The molecule has 3 heterocycles. The van der Waals surface area contributed by atoms with Crippen LogP contribution in [0.3, 0.4) is 0 Å². The number of benzene rings is 1. The van der Waals surface area contributed by atoms with Crippen molar-refractivity contribution in [3.8, 4) is 0 Å². The highest BCUT2D eigenvalue weighted by molar-refractivity contribution is 7.93. The van der Waals surface area contributed by atoms with E-state index in [4.69, 9.17) is 4.78 Å². The second kappa shape index (κ2) is 8.16. The van der Waals surface area contributed by atoms with Crippen LogP contribution in [0.4, 0.5) is 21.7 Å². The van der Waals surface area contributed by atoms with Crippen LogP contribution in [0.25, 0.3) is 0 Å². The maximum atomic E-state index is 14.0. The number of alkyl halides is 1. The molecule has 1 aromatic carbocycles. The Kier molecular flexibility index (Phi) is 5.37. The summed E-state index contributed by atoms with van der Waals surface area (Å²) in [6.07, 6.45) is 6.43. The Morgan fingerprint density at radius 2 is 1.81 bits per heavy atom. The lowest BCUT2D eigenvalue weighted by Gasteiger charge is -2.43. The van der Waals surface area contributed by atoms with Crippen LogP contribution in [0.2, 0.25) is 0 Å². The van der Waals surface area contributed by atoms with Gasteiger partial charge in [-0.3, -0.25) is 4.79 Å². The van der Waals surface area contributed by atoms with Crippen LogP contribution in [0, 0.1) is 17.1 Å². The van der Waals surface area contributed by atoms with Gasteiger partial charge in [-0.1, -0.05) is 0 Å². The van der Waals surface area contributed by atoms with Gasteiger partial charge in [0.15, 0.2) is 0 Å². The minimum Gasteiger partial charge on any atom is -0.371 e. The van der Waals surface area contributed by atoms with E-state index in [2.05, 4.69) is 15.2 Å². The second-order valence-electron chi connectivity index (χ2n) is 11.6. The van der Waals surface area contributed by atoms with E-state index in [1.165, 1.54) is 12.8 Å². The minimum absolute atomic E-state index is 0.0799. The summed E-state index contributed by atoms with van der Waals surface area (Å²) in [4.78, 5) is 22.7. The number of aromatic nitrogens is 1. The molecule has 1 amide bonds. The summed E-state index contributed by atoms with van der Waals surface area (Å²) in [5.74, 6) is 0.796. The van der Waals surface area contributed by atoms with E-state index in [1.54, 1.807) is 19.1 Å². The van der Waals surface area contributed by atoms with Crippen LogP contribution < -0.4 is 15.1 Å². The molecule has 0 bridgehead atoms. The van der Waals surface area contributed by atoms with E-state index in [1.807, 2.05) is 30.0 Å². The molecule has 4 aliphatic rings. The third kappa shape index (κ3) is 4.46. The Balaban J connectivity index is 1.29. The summed E-state index contributed by atoms with van der Waals surface area (Å²) >= 11 is 0. The molecule has 2 aromatic rings. The number of carbonyl (C=O) groups is 1.